The molecule has 4 heteroatoms. The van der Waals surface area contributed by atoms with Crippen LogP contribution in [0.4, 0.5) is 11.4 Å². The molecule has 2 aromatic rings. The number of hydrogen-bond donors (Lipinski definition) is 2. The first-order valence-electron chi connectivity index (χ1n) is 5.96. The maximum absolute atomic E-state index is 11.1. The van der Waals surface area contributed by atoms with Gasteiger partial charge in [-0.15, -0.1) is 0 Å². The van der Waals surface area contributed by atoms with Crippen molar-refractivity contribution < 1.29 is 4.79 Å². The Balaban J connectivity index is 2.08. The third-order valence-electron chi connectivity index (χ3n) is 2.44. The number of anilines is 2. The predicted octanol–water partition coefficient (Wildman–Crippen LogP) is 3.09. The SMILES string of the molecule is CC(=O)Nc1ccccc1C=NNc1ccccc1. The number of para-hydroxylation sites is 2. The standard InChI is InChI=1S/C15H15N3O/c1-12(19)17-15-10-6-5-7-13(15)11-16-18-14-8-3-2-4-9-14/h2-11,18H,1H3,(H,17,19). The lowest BCUT2D eigenvalue weighted by atomic mass is 10.2. The van der Waals surface area contributed by atoms with E-state index in [4.69, 9.17) is 0 Å². The summed E-state index contributed by atoms with van der Waals surface area (Å²) in [6, 6.07) is 17.2. The molecule has 0 fully saturated rings. The van der Waals surface area contributed by atoms with E-state index < -0.39 is 0 Å². The second-order valence-electron chi connectivity index (χ2n) is 4.00. The maximum atomic E-state index is 11.1. The first-order valence-corrected chi connectivity index (χ1v) is 5.96. The smallest absolute Gasteiger partial charge is 0.221 e. The van der Waals surface area contributed by atoms with Gasteiger partial charge in [-0.05, 0) is 18.2 Å². The van der Waals surface area contributed by atoms with E-state index in [1.54, 1.807) is 6.21 Å². The number of carbonyl (C=O) groups excluding carboxylic acids is 1. The monoisotopic (exact) mass is 253 g/mol. The quantitative estimate of drug-likeness (QED) is 0.650. The Morgan fingerprint density at radius 3 is 2.47 bits per heavy atom. The van der Waals surface area contributed by atoms with Gasteiger partial charge in [0.1, 0.15) is 0 Å². The number of benzene rings is 2. The third kappa shape index (κ3) is 3.96. The molecule has 0 saturated carbocycles. The lowest BCUT2D eigenvalue weighted by Crippen LogP contribution is -2.08. The van der Waals surface area contributed by atoms with Crippen molar-refractivity contribution in [3.05, 3.63) is 60.2 Å². The molecule has 0 aromatic heterocycles. The van der Waals surface area contributed by atoms with Crippen LogP contribution in [0, 0.1) is 0 Å². The van der Waals surface area contributed by atoms with Crippen LogP contribution < -0.4 is 10.7 Å². The lowest BCUT2D eigenvalue weighted by Gasteiger charge is -2.05. The molecule has 0 aliphatic carbocycles. The van der Waals surface area contributed by atoms with Crippen LogP contribution in [0.15, 0.2) is 59.7 Å². The molecule has 0 bridgehead atoms. The van der Waals surface area contributed by atoms with Crippen molar-refractivity contribution in [1.82, 2.24) is 0 Å². The summed E-state index contributed by atoms with van der Waals surface area (Å²) in [5, 5.41) is 6.92. The number of nitrogens with zero attached hydrogens (tertiary/aromatic N) is 1. The summed E-state index contributed by atoms with van der Waals surface area (Å²) < 4.78 is 0. The van der Waals surface area contributed by atoms with Crippen LogP contribution in [0.3, 0.4) is 0 Å². The topological polar surface area (TPSA) is 53.5 Å². The highest BCUT2D eigenvalue weighted by molar-refractivity contribution is 5.96. The molecule has 4 nitrogen and oxygen atoms in total. The van der Waals surface area contributed by atoms with E-state index in [-0.39, 0.29) is 5.91 Å². The summed E-state index contributed by atoms with van der Waals surface area (Å²) in [5.41, 5.74) is 5.44. The molecular formula is C15H15N3O. The fraction of sp³-hybridized carbons (Fsp3) is 0.0667. The van der Waals surface area contributed by atoms with E-state index in [0.29, 0.717) is 0 Å². The van der Waals surface area contributed by atoms with Crippen LogP contribution >= 0.6 is 0 Å². The van der Waals surface area contributed by atoms with Gasteiger partial charge in [0.25, 0.3) is 0 Å². The number of hydrogen-bond acceptors (Lipinski definition) is 3. The molecule has 0 radical (unpaired) electrons. The first-order chi connectivity index (χ1) is 9.25. The van der Waals surface area contributed by atoms with Crippen LogP contribution in [0.5, 0.6) is 0 Å². The Kier molecular flexibility index (Phi) is 4.29. The van der Waals surface area contributed by atoms with Crippen molar-refractivity contribution in [1.29, 1.82) is 0 Å². The molecule has 2 N–H and O–H groups in total. The highest BCUT2D eigenvalue weighted by atomic mass is 16.1. The van der Waals surface area contributed by atoms with Crippen LogP contribution in [0.25, 0.3) is 0 Å². The minimum Gasteiger partial charge on any atom is -0.326 e. The Morgan fingerprint density at radius 1 is 1.05 bits per heavy atom. The van der Waals surface area contributed by atoms with Gasteiger partial charge in [0, 0.05) is 18.2 Å². The molecule has 0 spiro atoms. The second kappa shape index (κ2) is 6.35. The Hall–Kier alpha value is -2.62. The summed E-state index contributed by atoms with van der Waals surface area (Å²) in [6.45, 7) is 1.48. The summed E-state index contributed by atoms with van der Waals surface area (Å²) >= 11 is 0. The van der Waals surface area contributed by atoms with Gasteiger partial charge in [-0.25, -0.2) is 0 Å². The van der Waals surface area contributed by atoms with Gasteiger partial charge in [0.2, 0.25) is 5.91 Å². The first kappa shape index (κ1) is 12.8. The van der Waals surface area contributed by atoms with E-state index in [9.17, 15) is 4.79 Å². The van der Waals surface area contributed by atoms with Crippen molar-refractivity contribution in [3.63, 3.8) is 0 Å². The number of carbonyl (C=O) groups is 1. The fourth-order valence-electron chi connectivity index (χ4n) is 1.60. The molecule has 0 aliphatic rings. The number of rotatable bonds is 4. The summed E-state index contributed by atoms with van der Waals surface area (Å²) in [5.74, 6) is -0.100. The summed E-state index contributed by atoms with van der Waals surface area (Å²) in [4.78, 5) is 11.1. The van der Waals surface area contributed by atoms with Crippen molar-refractivity contribution >= 4 is 23.5 Å². The highest BCUT2D eigenvalue weighted by Gasteiger charge is 2.00. The van der Waals surface area contributed by atoms with Crippen molar-refractivity contribution in [2.45, 2.75) is 6.92 Å². The van der Waals surface area contributed by atoms with Crippen molar-refractivity contribution in [2.24, 2.45) is 5.10 Å². The largest absolute Gasteiger partial charge is 0.326 e. The minimum atomic E-state index is -0.100. The number of amides is 1. The fourth-order valence-corrected chi connectivity index (χ4v) is 1.60. The maximum Gasteiger partial charge on any atom is 0.221 e. The minimum absolute atomic E-state index is 0.100. The van der Waals surface area contributed by atoms with E-state index in [1.165, 1.54) is 6.92 Å². The van der Waals surface area contributed by atoms with Gasteiger partial charge < -0.3 is 5.32 Å². The average Bonchev–Trinajstić information content (AvgIpc) is 2.41. The van der Waals surface area contributed by atoms with E-state index in [0.717, 1.165) is 16.9 Å². The van der Waals surface area contributed by atoms with E-state index in [1.807, 2.05) is 54.6 Å². The molecular weight excluding hydrogens is 238 g/mol. The highest BCUT2D eigenvalue weighted by Crippen LogP contribution is 2.13. The van der Waals surface area contributed by atoms with Crippen LogP contribution in [-0.4, -0.2) is 12.1 Å². The Bertz CT molecular complexity index is 579. The molecule has 0 aliphatic heterocycles. The van der Waals surface area contributed by atoms with Gasteiger partial charge in [-0.3, -0.25) is 10.2 Å². The predicted molar refractivity (Wildman–Crippen MR) is 78.4 cm³/mol. The zero-order valence-electron chi connectivity index (χ0n) is 10.6. The summed E-state index contributed by atoms with van der Waals surface area (Å²) in [6.07, 6.45) is 1.68. The van der Waals surface area contributed by atoms with Gasteiger partial charge in [-0.2, -0.15) is 5.10 Å². The average molecular weight is 253 g/mol. The number of nitrogens with one attached hydrogen (secondary N) is 2. The molecule has 0 unspecified atom stereocenters. The van der Waals surface area contributed by atoms with Gasteiger partial charge >= 0.3 is 0 Å². The normalized spacial score (nSPS) is 10.4. The zero-order valence-corrected chi connectivity index (χ0v) is 10.6. The Morgan fingerprint density at radius 2 is 1.74 bits per heavy atom. The molecule has 0 saturated heterocycles. The summed E-state index contributed by atoms with van der Waals surface area (Å²) in [7, 11) is 0. The van der Waals surface area contributed by atoms with Gasteiger partial charge in [0.05, 0.1) is 11.9 Å². The zero-order chi connectivity index (χ0) is 13.5. The lowest BCUT2D eigenvalue weighted by molar-refractivity contribution is -0.114. The molecule has 96 valence electrons. The third-order valence-corrected chi connectivity index (χ3v) is 2.44. The second-order valence-corrected chi connectivity index (χ2v) is 4.00. The van der Waals surface area contributed by atoms with Gasteiger partial charge in [-0.1, -0.05) is 36.4 Å². The molecule has 0 atom stereocenters. The van der Waals surface area contributed by atoms with Gasteiger partial charge in [0.15, 0.2) is 0 Å². The molecule has 0 heterocycles. The van der Waals surface area contributed by atoms with Crippen LogP contribution in [0.2, 0.25) is 0 Å². The van der Waals surface area contributed by atoms with Crippen molar-refractivity contribution in [2.75, 3.05) is 10.7 Å². The van der Waals surface area contributed by atoms with Crippen LogP contribution in [-0.2, 0) is 4.79 Å². The van der Waals surface area contributed by atoms with Crippen molar-refractivity contribution in [3.8, 4) is 0 Å². The molecule has 2 aromatic carbocycles. The number of hydrazone groups is 1. The van der Waals surface area contributed by atoms with E-state index >= 15 is 0 Å². The molecule has 1 amide bonds. The van der Waals surface area contributed by atoms with Crippen LogP contribution in [0.1, 0.15) is 12.5 Å². The van der Waals surface area contributed by atoms with E-state index in [2.05, 4.69) is 15.8 Å². The Labute approximate surface area is 112 Å². The molecule has 19 heavy (non-hydrogen) atoms. The molecule has 2 rings (SSSR count).